The lowest BCUT2D eigenvalue weighted by Crippen LogP contribution is -1.96. The highest BCUT2D eigenvalue weighted by atomic mass is 16.6. The molecule has 6 aromatic rings. The van der Waals surface area contributed by atoms with E-state index in [9.17, 15) is 0 Å². The van der Waals surface area contributed by atoms with Crippen LogP contribution in [0.1, 0.15) is 0 Å². The molecule has 0 saturated carbocycles. The summed E-state index contributed by atoms with van der Waals surface area (Å²) in [6, 6.07) is 37.4. The van der Waals surface area contributed by atoms with Crippen molar-refractivity contribution >= 4 is 0 Å². The summed E-state index contributed by atoms with van der Waals surface area (Å²) in [4.78, 5) is 13.6. The summed E-state index contributed by atoms with van der Waals surface area (Å²) in [7, 11) is 0. The SMILES string of the molecule is c1cc2nc(c1)Oc1ccccc1Oc1cccc(n1)Oc1ccccc1Oc1cccc(n1)Oc1ccccc1O2. The molecule has 4 heterocycles. The number of hydrogen-bond donors (Lipinski definition) is 0. The standard InChI is InChI=1S/C33H21N3O6/c1-2-11-23-22(10-1)37-28-16-7-18-30(34-28)39-24-12-3-4-13-25(24)41-32-20-9-21-33(36-32)42-27-15-6-5-14-26(27)40-31-19-8-17-29(35-31)38-23/h1-21H. The fourth-order valence-corrected chi connectivity index (χ4v) is 4.06. The molecule has 42 heavy (non-hydrogen) atoms. The number of benzene rings is 3. The van der Waals surface area contributed by atoms with Crippen LogP contribution in [0.25, 0.3) is 0 Å². The lowest BCUT2D eigenvalue weighted by atomic mass is 10.3. The number of fused-ring (bicyclic) bond motifs is 9. The summed E-state index contributed by atoms with van der Waals surface area (Å²) >= 11 is 0. The third kappa shape index (κ3) is 5.61. The average Bonchev–Trinajstić information content (AvgIpc) is 3.00. The molecule has 7 rings (SSSR count). The van der Waals surface area contributed by atoms with E-state index < -0.39 is 0 Å². The van der Waals surface area contributed by atoms with Crippen LogP contribution >= 0.6 is 0 Å². The quantitative estimate of drug-likeness (QED) is 0.182. The first-order valence-corrected chi connectivity index (χ1v) is 13.0. The highest BCUT2D eigenvalue weighted by molar-refractivity contribution is 5.47. The van der Waals surface area contributed by atoms with Gasteiger partial charge in [-0.2, -0.15) is 15.0 Å². The van der Waals surface area contributed by atoms with Crippen molar-refractivity contribution in [2.75, 3.05) is 0 Å². The Kier molecular flexibility index (Phi) is 6.63. The van der Waals surface area contributed by atoms with Crippen molar-refractivity contribution in [3.05, 3.63) is 127 Å². The van der Waals surface area contributed by atoms with E-state index in [4.69, 9.17) is 28.4 Å². The highest BCUT2D eigenvalue weighted by Crippen LogP contribution is 2.39. The van der Waals surface area contributed by atoms with Gasteiger partial charge in [0, 0.05) is 36.4 Å². The van der Waals surface area contributed by atoms with Gasteiger partial charge in [0.1, 0.15) is 0 Å². The van der Waals surface area contributed by atoms with Crippen LogP contribution in [0.4, 0.5) is 0 Å². The molecule has 0 radical (unpaired) electrons. The van der Waals surface area contributed by atoms with Gasteiger partial charge in [0.25, 0.3) is 0 Å². The number of aromatic nitrogens is 3. The first-order chi connectivity index (χ1) is 20.7. The van der Waals surface area contributed by atoms with Crippen molar-refractivity contribution in [1.29, 1.82) is 0 Å². The Morgan fingerprint density at radius 1 is 0.238 bits per heavy atom. The second kappa shape index (κ2) is 11.2. The van der Waals surface area contributed by atoms with Gasteiger partial charge < -0.3 is 28.4 Å². The zero-order valence-electron chi connectivity index (χ0n) is 21.9. The topological polar surface area (TPSA) is 94.1 Å². The van der Waals surface area contributed by atoms with Crippen LogP contribution < -0.4 is 28.4 Å². The van der Waals surface area contributed by atoms with Crippen LogP contribution in [0.15, 0.2) is 127 Å². The molecule has 0 unspecified atom stereocenters. The third-order valence-electron chi connectivity index (χ3n) is 5.93. The Morgan fingerprint density at radius 3 is 0.619 bits per heavy atom. The van der Waals surface area contributed by atoms with E-state index in [1.165, 1.54) is 0 Å². The van der Waals surface area contributed by atoms with Gasteiger partial charge in [-0.1, -0.05) is 54.6 Å². The summed E-state index contributed by atoms with van der Waals surface area (Å²) in [6.45, 7) is 0. The maximum atomic E-state index is 6.10. The number of pyridine rings is 3. The molecule has 0 atom stereocenters. The second-order valence-corrected chi connectivity index (χ2v) is 8.89. The summed E-state index contributed by atoms with van der Waals surface area (Å²) in [5.41, 5.74) is 0. The van der Waals surface area contributed by atoms with E-state index >= 15 is 0 Å². The Morgan fingerprint density at radius 2 is 0.429 bits per heavy atom. The molecule has 9 heteroatoms. The van der Waals surface area contributed by atoms with E-state index in [0.29, 0.717) is 69.8 Å². The molecule has 1 aliphatic rings. The Labute approximate surface area is 240 Å². The summed E-state index contributed by atoms with van der Waals surface area (Å²) in [5, 5.41) is 0. The van der Waals surface area contributed by atoms with E-state index in [2.05, 4.69) is 15.0 Å². The smallest absolute Gasteiger partial charge is 0.222 e. The van der Waals surface area contributed by atoms with Crippen molar-refractivity contribution in [1.82, 2.24) is 15.0 Å². The Balaban J connectivity index is 1.31. The van der Waals surface area contributed by atoms with E-state index in [1.807, 2.05) is 36.4 Å². The molecule has 9 nitrogen and oxygen atoms in total. The van der Waals surface area contributed by atoms with E-state index in [1.54, 1.807) is 91.0 Å². The predicted octanol–water partition coefficient (Wildman–Crippen LogP) is 8.94. The lowest BCUT2D eigenvalue weighted by molar-refractivity contribution is 0.380. The second-order valence-electron chi connectivity index (χ2n) is 8.89. The Bertz CT molecular complexity index is 1540. The van der Waals surface area contributed by atoms with Crippen molar-refractivity contribution in [3.8, 4) is 69.8 Å². The van der Waals surface area contributed by atoms with Crippen LogP contribution in [0.3, 0.4) is 0 Å². The molecule has 6 bridgehead atoms. The molecular formula is C33H21N3O6. The van der Waals surface area contributed by atoms with Gasteiger partial charge >= 0.3 is 0 Å². The molecule has 0 aliphatic carbocycles. The van der Waals surface area contributed by atoms with Crippen molar-refractivity contribution < 1.29 is 28.4 Å². The number of ether oxygens (including phenoxy) is 6. The van der Waals surface area contributed by atoms with Crippen LogP contribution in [0, 0.1) is 0 Å². The lowest BCUT2D eigenvalue weighted by Gasteiger charge is -2.13. The Hall–Kier alpha value is -6.09. The molecule has 3 aromatic heterocycles. The summed E-state index contributed by atoms with van der Waals surface area (Å²) in [5.74, 6) is 4.47. The first kappa shape index (κ1) is 24.9. The maximum Gasteiger partial charge on any atom is 0.222 e. The normalized spacial score (nSPS) is 12.0. The zero-order valence-corrected chi connectivity index (χ0v) is 21.9. The maximum absolute atomic E-state index is 6.10. The van der Waals surface area contributed by atoms with Gasteiger partial charge in [0.15, 0.2) is 34.5 Å². The molecule has 3 aromatic carbocycles. The first-order valence-electron chi connectivity index (χ1n) is 13.0. The van der Waals surface area contributed by atoms with E-state index in [0.717, 1.165) is 0 Å². The predicted molar refractivity (Wildman–Crippen MR) is 152 cm³/mol. The molecule has 204 valence electrons. The fourth-order valence-electron chi connectivity index (χ4n) is 4.06. The average molecular weight is 556 g/mol. The zero-order chi connectivity index (χ0) is 28.1. The van der Waals surface area contributed by atoms with Crippen LogP contribution in [-0.2, 0) is 0 Å². The third-order valence-corrected chi connectivity index (χ3v) is 5.93. The van der Waals surface area contributed by atoms with Crippen molar-refractivity contribution in [3.63, 3.8) is 0 Å². The molecular weight excluding hydrogens is 534 g/mol. The van der Waals surface area contributed by atoms with Gasteiger partial charge in [-0.3, -0.25) is 0 Å². The van der Waals surface area contributed by atoms with Crippen LogP contribution in [-0.4, -0.2) is 15.0 Å². The molecule has 0 fully saturated rings. The largest absolute Gasteiger partial charge is 0.435 e. The van der Waals surface area contributed by atoms with Crippen LogP contribution in [0.2, 0.25) is 0 Å². The van der Waals surface area contributed by atoms with Gasteiger partial charge in [0.2, 0.25) is 35.3 Å². The summed E-state index contributed by atoms with van der Waals surface area (Å²) in [6.07, 6.45) is 0. The van der Waals surface area contributed by atoms with Gasteiger partial charge in [-0.05, 0) is 36.4 Å². The van der Waals surface area contributed by atoms with Crippen LogP contribution in [0.5, 0.6) is 69.8 Å². The monoisotopic (exact) mass is 555 g/mol. The number of nitrogens with zero attached hydrogens (tertiary/aromatic N) is 3. The molecule has 0 amide bonds. The van der Waals surface area contributed by atoms with E-state index in [-0.39, 0.29) is 0 Å². The van der Waals surface area contributed by atoms with Gasteiger partial charge in [0.05, 0.1) is 0 Å². The molecule has 0 saturated heterocycles. The highest BCUT2D eigenvalue weighted by Gasteiger charge is 2.15. The summed E-state index contributed by atoms with van der Waals surface area (Å²) < 4.78 is 36.6. The minimum absolute atomic E-state index is 0.306. The molecule has 0 spiro atoms. The van der Waals surface area contributed by atoms with Gasteiger partial charge in [-0.25, -0.2) is 0 Å². The minimum atomic E-state index is 0.306. The minimum Gasteiger partial charge on any atom is -0.435 e. The molecule has 1 aliphatic heterocycles. The number of hydrogen-bond acceptors (Lipinski definition) is 9. The number of rotatable bonds is 0. The molecule has 0 N–H and O–H groups in total. The van der Waals surface area contributed by atoms with Crippen molar-refractivity contribution in [2.45, 2.75) is 0 Å². The fraction of sp³-hybridized carbons (Fsp3) is 0. The van der Waals surface area contributed by atoms with Crippen molar-refractivity contribution in [2.24, 2.45) is 0 Å². The van der Waals surface area contributed by atoms with Gasteiger partial charge in [-0.15, -0.1) is 0 Å². The number of para-hydroxylation sites is 6.